The van der Waals surface area contributed by atoms with Gasteiger partial charge in [-0.3, -0.25) is 0 Å². The number of aromatic nitrogens is 1. The topological polar surface area (TPSA) is 36.7 Å². The van der Waals surface area contributed by atoms with Gasteiger partial charge in [-0.1, -0.05) is 0 Å². The monoisotopic (exact) mass is 148 g/mol. The Labute approximate surface area is 63.6 Å². The molecule has 0 aliphatic heterocycles. The SMILES string of the molecule is N#CC=Cc1ccnc(F)c1. The molecule has 1 heterocycles. The second-order valence-electron chi connectivity index (χ2n) is 1.87. The summed E-state index contributed by atoms with van der Waals surface area (Å²) < 4.78 is 12.4. The van der Waals surface area contributed by atoms with Crippen LogP contribution < -0.4 is 0 Å². The van der Waals surface area contributed by atoms with Gasteiger partial charge in [-0.15, -0.1) is 0 Å². The molecule has 54 valence electrons. The van der Waals surface area contributed by atoms with Gasteiger partial charge in [-0.05, 0) is 17.7 Å². The maximum absolute atomic E-state index is 12.4. The van der Waals surface area contributed by atoms with E-state index in [1.807, 2.05) is 6.07 Å². The lowest BCUT2D eigenvalue weighted by Gasteiger charge is -1.89. The summed E-state index contributed by atoms with van der Waals surface area (Å²) in [4.78, 5) is 3.36. The normalized spacial score (nSPS) is 9.82. The van der Waals surface area contributed by atoms with E-state index in [-0.39, 0.29) is 0 Å². The molecular formula is C8H5FN2. The van der Waals surface area contributed by atoms with Crippen LogP contribution in [0.25, 0.3) is 6.08 Å². The molecule has 0 saturated carbocycles. The molecule has 0 unspecified atom stereocenters. The van der Waals surface area contributed by atoms with Gasteiger partial charge in [0.25, 0.3) is 0 Å². The number of pyridine rings is 1. The predicted octanol–water partition coefficient (Wildman–Crippen LogP) is 1.76. The van der Waals surface area contributed by atoms with Crippen molar-refractivity contribution >= 4 is 6.08 Å². The van der Waals surface area contributed by atoms with Gasteiger partial charge in [-0.25, -0.2) is 4.98 Å². The molecule has 0 aliphatic rings. The van der Waals surface area contributed by atoms with E-state index < -0.39 is 5.95 Å². The van der Waals surface area contributed by atoms with Crippen molar-refractivity contribution in [3.05, 3.63) is 35.9 Å². The zero-order valence-corrected chi connectivity index (χ0v) is 5.66. The van der Waals surface area contributed by atoms with Crippen molar-refractivity contribution in [3.8, 4) is 6.07 Å². The van der Waals surface area contributed by atoms with Gasteiger partial charge in [0.1, 0.15) is 0 Å². The highest BCUT2D eigenvalue weighted by atomic mass is 19.1. The van der Waals surface area contributed by atoms with E-state index in [0.717, 1.165) is 0 Å². The minimum absolute atomic E-state index is 0.537. The fraction of sp³-hybridized carbons (Fsp3) is 0. The minimum atomic E-state index is -0.537. The summed E-state index contributed by atoms with van der Waals surface area (Å²) in [6.07, 6.45) is 4.16. The van der Waals surface area contributed by atoms with Crippen molar-refractivity contribution in [2.75, 3.05) is 0 Å². The third-order valence-corrected chi connectivity index (χ3v) is 1.10. The van der Waals surface area contributed by atoms with Crippen LogP contribution in [0.3, 0.4) is 0 Å². The van der Waals surface area contributed by atoms with Crippen LogP contribution in [0.1, 0.15) is 5.56 Å². The molecule has 1 rings (SSSR count). The van der Waals surface area contributed by atoms with Gasteiger partial charge >= 0.3 is 0 Å². The lowest BCUT2D eigenvalue weighted by Crippen LogP contribution is -1.80. The van der Waals surface area contributed by atoms with Crippen molar-refractivity contribution in [1.29, 1.82) is 5.26 Å². The molecular weight excluding hydrogens is 143 g/mol. The van der Waals surface area contributed by atoms with Crippen LogP contribution in [0.5, 0.6) is 0 Å². The molecule has 0 aliphatic carbocycles. The van der Waals surface area contributed by atoms with Gasteiger partial charge < -0.3 is 0 Å². The first kappa shape index (κ1) is 7.42. The Balaban J connectivity index is 2.90. The van der Waals surface area contributed by atoms with Crippen LogP contribution in [0.15, 0.2) is 24.4 Å². The molecule has 0 amide bonds. The molecule has 0 radical (unpaired) electrons. The number of hydrogen-bond donors (Lipinski definition) is 0. The highest BCUT2D eigenvalue weighted by Gasteiger charge is 1.89. The molecule has 0 atom stereocenters. The van der Waals surface area contributed by atoms with E-state index in [2.05, 4.69) is 4.98 Å². The fourth-order valence-corrected chi connectivity index (χ4v) is 0.655. The molecule has 1 aromatic rings. The summed E-state index contributed by atoms with van der Waals surface area (Å²) in [6.45, 7) is 0. The number of hydrogen-bond acceptors (Lipinski definition) is 2. The highest BCUT2D eigenvalue weighted by molar-refractivity contribution is 5.50. The Hall–Kier alpha value is -1.69. The summed E-state index contributed by atoms with van der Waals surface area (Å²) in [5, 5.41) is 8.15. The van der Waals surface area contributed by atoms with E-state index >= 15 is 0 Å². The van der Waals surface area contributed by atoms with Crippen molar-refractivity contribution in [3.63, 3.8) is 0 Å². The average Bonchev–Trinajstić information content (AvgIpc) is 2.01. The summed E-state index contributed by atoms with van der Waals surface area (Å²) >= 11 is 0. The van der Waals surface area contributed by atoms with Gasteiger partial charge in [0, 0.05) is 18.3 Å². The molecule has 0 saturated heterocycles. The quantitative estimate of drug-likeness (QED) is 0.449. The van der Waals surface area contributed by atoms with Crippen LogP contribution in [0, 0.1) is 17.3 Å². The zero-order valence-electron chi connectivity index (χ0n) is 5.66. The van der Waals surface area contributed by atoms with Crippen LogP contribution >= 0.6 is 0 Å². The Bertz CT molecular complexity index is 312. The van der Waals surface area contributed by atoms with Gasteiger partial charge in [-0.2, -0.15) is 9.65 Å². The molecule has 11 heavy (non-hydrogen) atoms. The van der Waals surface area contributed by atoms with Crippen molar-refractivity contribution in [2.24, 2.45) is 0 Å². The molecule has 3 heteroatoms. The smallest absolute Gasteiger partial charge is 0.213 e. The van der Waals surface area contributed by atoms with Crippen LogP contribution in [0.4, 0.5) is 4.39 Å². The second-order valence-corrected chi connectivity index (χ2v) is 1.87. The largest absolute Gasteiger partial charge is 0.228 e. The molecule has 0 aromatic carbocycles. The van der Waals surface area contributed by atoms with Crippen molar-refractivity contribution in [1.82, 2.24) is 4.98 Å². The standard InChI is InChI=1S/C8H5FN2/c9-8-6-7(2-1-4-10)3-5-11-8/h1-3,5-6H. The zero-order chi connectivity index (χ0) is 8.10. The molecule has 1 aromatic heterocycles. The van der Waals surface area contributed by atoms with Crippen LogP contribution in [-0.4, -0.2) is 4.98 Å². The van der Waals surface area contributed by atoms with Crippen molar-refractivity contribution < 1.29 is 4.39 Å². The van der Waals surface area contributed by atoms with E-state index in [1.165, 1.54) is 24.4 Å². The number of nitrogens with zero attached hydrogens (tertiary/aromatic N) is 2. The van der Waals surface area contributed by atoms with E-state index in [0.29, 0.717) is 5.56 Å². The predicted molar refractivity (Wildman–Crippen MR) is 38.8 cm³/mol. The molecule has 0 N–H and O–H groups in total. The minimum Gasteiger partial charge on any atom is -0.228 e. The highest BCUT2D eigenvalue weighted by Crippen LogP contribution is 2.01. The summed E-state index contributed by atoms with van der Waals surface area (Å²) in [5.41, 5.74) is 0.638. The van der Waals surface area contributed by atoms with Gasteiger partial charge in [0.05, 0.1) is 6.07 Å². The maximum atomic E-state index is 12.4. The fourth-order valence-electron chi connectivity index (χ4n) is 0.655. The van der Waals surface area contributed by atoms with E-state index in [1.54, 1.807) is 6.07 Å². The van der Waals surface area contributed by atoms with Crippen LogP contribution in [0.2, 0.25) is 0 Å². The molecule has 2 nitrogen and oxygen atoms in total. The lowest BCUT2D eigenvalue weighted by molar-refractivity contribution is 0.583. The Morgan fingerprint density at radius 3 is 3.09 bits per heavy atom. The molecule has 0 spiro atoms. The Morgan fingerprint density at radius 2 is 2.45 bits per heavy atom. The first-order valence-electron chi connectivity index (χ1n) is 3.00. The first-order valence-corrected chi connectivity index (χ1v) is 3.00. The maximum Gasteiger partial charge on any atom is 0.213 e. The Kier molecular flexibility index (Phi) is 2.34. The van der Waals surface area contributed by atoms with Gasteiger partial charge in [0.15, 0.2) is 0 Å². The van der Waals surface area contributed by atoms with Crippen molar-refractivity contribution in [2.45, 2.75) is 0 Å². The molecule has 0 bridgehead atoms. The van der Waals surface area contributed by atoms with Crippen LogP contribution in [-0.2, 0) is 0 Å². The number of allylic oxidation sites excluding steroid dienone is 1. The van der Waals surface area contributed by atoms with E-state index in [9.17, 15) is 4.39 Å². The third kappa shape index (κ3) is 2.18. The average molecular weight is 148 g/mol. The lowest BCUT2D eigenvalue weighted by atomic mass is 10.2. The first-order chi connectivity index (χ1) is 5.33. The molecule has 0 fully saturated rings. The number of nitriles is 1. The van der Waals surface area contributed by atoms with Gasteiger partial charge in [0.2, 0.25) is 5.95 Å². The third-order valence-electron chi connectivity index (χ3n) is 1.10. The Morgan fingerprint density at radius 1 is 1.64 bits per heavy atom. The second kappa shape index (κ2) is 3.47. The summed E-state index contributed by atoms with van der Waals surface area (Å²) in [6, 6.07) is 4.69. The summed E-state index contributed by atoms with van der Waals surface area (Å²) in [5.74, 6) is -0.537. The number of halogens is 1. The van der Waals surface area contributed by atoms with E-state index in [4.69, 9.17) is 5.26 Å². The summed E-state index contributed by atoms with van der Waals surface area (Å²) in [7, 11) is 0. The number of rotatable bonds is 1.